The van der Waals surface area contributed by atoms with Crippen LogP contribution < -0.4 is 10.6 Å². The van der Waals surface area contributed by atoms with Crippen LogP contribution in [0.5, 0.6) is 0 Å². The SMILES string of the molecule is CCC1(CNc2nc(NC)nc3nc[nH]c23)CCC1. The normalized spacial score (nSPS) is 17.2. The van der Waals surface area contributed by atoms with Crippen molar-refractivity contribution in [2.24, 2.45) is 5.41 Å². The number of H-pyrrole nitrogens is 1. The third-order valence-electron chi connectivity index (χ3n) is 4.30. The van der Waals surface area contributed by atoms with Gasteiger partial charge in [0, 0.05) is 13.6 Å². The van der Waals surface area contributed by atoms with Crippen LogP contribution in [0.4, 0.5) is 11.8 Å². The topological polar surface area (TPSA) is 78.5 Å². The molecule has 1 saturated carbocycles. The molecular weight excluding hydrogens is 240 g/mol. The average molecular weight is 260 g/mol. The zero-order valence-electron chi connectivity index (χ0n) is 11.5. The molecule has 0 aliphatic heterocycles. The molecule has 2 aromatic rings. The Labute approximate surface area is 112 Å². The van der Waals surface area contributed by atoms with E-state index in [0.29, 0.717) is 17.0 Å². The zero-order valence-corrected chi connectivity index (χ0v) is 11.5. The van der Waals surface area contributed by atoms with Gasteiger partial charge in [0.1, 0.15) is 5.52 Å². The van der Waals surface area contributed by atoms with E-state index in [0.717, 1.165) is 17.9 Å². The number of nitrogens with zero attached hydrogens (tertiary/aromatic N) is 3. The molecule has 2 heterocycles. The number of rotatable bonds is 5. The second kappa shape index (κ2) is 4.68. The molecule has 0 radical (unpaired) electrons. The molecule has 0 aromatic carbocycles. The van der Waals surface area contributed by atoms with E-state index < -0.39 is 0 Å². The van der Waals surface area contributed by atoms with E-state index in [1.807, 2.05) is 7.05 Å². The summed E-state index contributed by atoms with van der Waals surface area (Å²) in [4.78, 5) is 16.1. The van der Waals surface area contributed by atoms with Crippen LogP contribution in [0.25, 0.3) is 11.2 Å². The van der Waals surface area contributed by atoms with E-state index in [1.165, 1.54) is 25.7 Å². The molecule has 0 saturated heterocycles. The van der Waals surface area contributed by atoms with E-state index >= 15 is 0 Å². The lowest BCUT2D eigenvalue weighted by Gasteiger charge is -2.41. The maximum Gasteiger partial charge on any atom is 0.226 e. The summed E-state index contributed by atoms with van der Waals surface area (Å²) in [5.74, 6) is 1.44. The van der Waals surface area contributed by atoms with Gasteiger partial charge >= 0.3 is 0 Å². The molecule has 1 fully saturated rings. The van der Waals surface area contributed by atoms with Crippen LogP contribution in [-0.4, -0.2) is 33.5 Å². The summed E-state index contributed by atoms with van der Waals surface area (Å²) >= 11 is 0. The Balaban J connectivity index is 1.85. The molecule has 1 aliphatic rings. The first-order valence-electron chi connectivity index (χ1n) is 6.89. The lowest BCUT2D eigenvalue weighted by molar-refractivity contribution is 0.145. The van der Waals surface area contributed by atoms with E-state index in [4.69, 9.17) is 0 Å². The standard InChI is InChI=1S/C13H20N6/c1-3-13(5-4-6-13)7-15-10-9-11(17-8-16-9)19-12(14-2)18-10/h8H,3-7H2,1-2H3,(H3,14,15,16,17,18,19). The van der Waals surface area contributed by atoms with Crippen molar-refractivity contribution in [3.8, 4) is 0 Å². The molecule has 2 aromatic heterocycles. The quantitative estimate of drug-likeness (QED) is 0.769. The number of fused-ring (bicyclic) bond motifs is 1. The average Bonchev–Trinajstić information content (AvgIpc) is 2.85. The minimum absolute atomic E-state index is 0.455. The molecule has 0 amide bonds. The van der Waals surface area contributed by atoms with Gasteiger partial charge in [-0.25, -0.2) is 4.98 Å². The van der Waals surface area contributed by atoms with Crippen molar-refractivity contribution in [2.45, 2.75) is 32.6 Å². The highest BCUT2D eigenvalue weighted by molar-refractivity contribution is 5.83. The second-order valence-electron chi connectivity index (χ2n) is 5.31. The predicted octanol–water partition coefficient (Wildman–Crippen LogP) is 2.39. The molecule has 0 atom stereocenters. The highest BCUT2D eigenvalue weighted by Gasteiger charge is 2.34. The maximum atomic E-state index is 4.48. The van der Waals surface area contributed by atoms with Crippen LogP contribution >= 0.6 is 0 Å². The lowest BCUT2D eigenvalue weighted by atomic mass is 9.67. The van der Waals surface area contributed by atoms with E-state index in [9.17, 15) is 0 Å². The molecule has 102 valence electrons. The maximum absolute atomic E-state index is 4.48. The second-order valence-corrected chi connectivity index (χ2v) is 5.31. The Morgan fingerprint density at radius 2 is 2.21 bits per heavy atom. The molecule has 6 heteroatoms. The van der Waals surface area contributed by atoms with Crippen molar-refractivity contribution < 1.29 is 0 Å². The fourth-order valence-corrected chi connectivity index (χ4v) is 2.68. The van der Waals surface area contributed by atoms with Gasteiger partial charge in [0.2, 0.25) is 5.95 Å². The third kappa shape index (κ3) is 2.11. The van der Waals surface area contributed by atoms with Crippen LogP contribution in [-0.2, 0) is 0 Å². The predicted molar refractivity (Wildman–Crippen MR) is 76.3 cm³/mol. The Hall–Kier alpha value is -1.85. The minimum atomic E-state index is 0.455. The van der Waals surface area contributed by atoms with Gasteiger partial charge < -0.3 is 15.6 Å². The smallest absolute Gasteiger partial charge is 0.226 e. The van der Waals surface area contributed by atoms with E-state index in [2.05, 4.69) is 37.5 Å². The van der Waals surface area contributed by atoms with Gasteiger partial charge in [-0.15, -0.1) is 0 Å². The summed E-state index contributed by atoms with van der Waals surface area (Å²) < 4.78 is 0. The highest BCUT2D eigenvalue weighted by Crippen LogP contribution is 2.43. The Bertz CT molecular complexity index is 566. The minimum Gasteiger partial charge on any atom is -0.368 e. The summed E-state index contributed by atoms with van der Waals surface area (Å²) in [6.07, 6.45) is 6.85. The first-order chi connectivity index (χ1) is 9.26. The number of hydrogen-bond acceptors (Lipinski definition) is 5. The number of aromatic nitrogens is 4. The van der Waals surface area contributed by atoms with Gasteiger partial charge in [0.15, 0.2) is 11.5 Å². The van der Waals surface area contributed by atoms with Gasteiger partial charge in [0.05, 0.1) is 6.33 Å². The van der Waals surface area contributed by atoms with Crippen LogP contribution in [0.1, 0.15) is 32.6 Å². The number of nitrogens with one attached hydrogen (secondary N) is 3. The van der Waals surface area contributed by atoms with Gasteiger partial charge in [-0.1, -0.05) is 13.3 Å². The van der Waals surface area contributed by atoms with E-state index in [-0.39, 0.29) is 0 Å². The summed E-state index contributed by atoms with van der Waals surface area (Å²) in [6.45, 7) is 3.24. The molecular formula is C13H20N6. The van der Waals surface area contributed by atoms with Crippen molar-refractivity contribution in [3.05, 3.63) is 6.33 Å². The van der Waals surface area contributed by atoms with Crippen molar-refractivity contribution in [1.29, 1.82) is 0 Å². The fraction of sp³-hybridized carbons (Fsp3) is 0.615. The fourth-order valence-electron chi connectivity index (χ4n) is 2.68. The lowest BCUT2D eigenvalue weighted by Crippen LogP contribution is -2.36. The molecule has 0 unspecified atom stereocenters. The monoisotopic (exact) mass is 260 g/mol. The first kappa shape index (κ1) is 12.2. The van der Waals surface area contributed by atoms with Crippen molar-refractivity contribution in [3.63, 3.8) is 0 Å². The molecule has 6 nitrogen and oxygen atoms in total. The highest BCUT2D eigenvalue weighted by atomic mass is 15.2. The molecule has 0 bridgehead atoms. The van der Waals surface area contributed by atoms with Gasteiger partial charge in [0.25, 0.3) is 0 Å². The van der Waals surface area contributed by atoms with Crippen LogP contribution in [0, 0.1) is 5.41 Å². The number of imidazole rings is 1. The molecule has 0 spiro atoms. The number of aromatic amines is 1. The molecule has 3 N–H and O–H groups in total. The Morgan fingerprint density at radius 1 is 1.37 bits per heavy atom. The molecule has 3 rings (SSSR count). The van der Waals surface area contributed by atoms with Crippen molar-refractivity contribution >= 4 is 22.9 Å². The van der Waals surface area contributed by atoms with Crippen LogP contribution in [0.2, 0.25) is 0 Å². The summed E-state index contributed by atoms with van der Waals surface area (Å²) in [5.41, 5.74) is 2.03. The third-order valence-corrected chi connectivity index (χ3v) is 4.30. The van der Waals surface area contributed by atoms with Crippen LogP contribution in [0.15, 0.2) is 6.33 Å². The van der Waals surface area contributed by atoms with Crippen molar-refractivity contribution in [2.75, 3.05) is 24.2 Å². The van der Waals surface area contributed by atoms with Gasteiger partial charge in [-0.05, 0) is 24.7 Å². The Kier molecular flexibility index (Phi) is 3.00. The molecule has 19 heavy (non-hydrogen) atoms. The summed E-state index contributed by atoms with van der Waals surface area (Å²) in [7, 11) is 1.82. The number of anilines is 2. The van der Waals surface area contributed by atoms with Crippen molar-refractivity contribution in [1.82, 2.24) is 19.9 Å². The number of hydrogen-bond donors (Lipinski definition) is 3. The zero-order chi connectivity index (χ0) is 13.3. The van der Waals surface area contributed by atoms with Gasteiger partial charge in [-0.2, -0.15) is 9.97 Å². The Morgan fingerprint density at radius 3 is 2.84 bits per heavy atom. The van der Waals surface area contributed by atoms with Crippen LogP contribution in [0.3, 0.4) is 0 Å². The van der Waals surface area contributed by atoms with Gasteiger partial charge in [-0.3, -0.25) is 0 Å². The summed E-state index contributed by atoms with van der Waals surface area (Å²) in [6, 6.07) is 0. The van der Waals surface area contributed by atoms with E-state index in [1.54, 1.807) is 6.33 Å². The first-order valence-corrected chi connectivity index (χ1v) is 6.89. The summed E-state index contributed by atoms with van der Waals surface area (Å²) in [5, 5.41) is 6.45. The largest absolute Gasteiger partial charge is 0.368 e. The molecule has 1 aliphatic carbocycles.